The molecule has 0 N–H and O–H groups in total. The standard InChI is InChI=1S/C20H23NO8/c22-17-6-7-18(23)21(17)8-9-26-10-11-27-12-13-28-14-15-29-20(25)19(24)16-4-2-1-3-5-16/h1-7H,8-15H2. The van der Waals surface area contributed by atoms with E-state index in [1.54, 1.807) is 30.3 Å². The fourth-order valence-corrected chi connectivity index (χ4v) is 2.32. The van der Waals surface area contributed by atoms with Crippen LogP contribution >= 0.6 is 0 Å². The first kappa shape index (κ1) is 22.4. The minimum Gasteiger partial charge on any atom is -0.457 e. The Bertz CT molecular complexity index is 713. The second kappa shape index (κ2) is 12.6. The molecule has 0 fully saturated rings. The first-order chi connectivity index (χ1) is 14.1. The molecule has 0 atom stereocenters. The van der Waals surface area contributed by atoms with Crippen molar-refractivity contribution in [3.63, 3.8) is 0 Å². The van der Waals surface area contributed by atoms with E-state index in [4.69, 9.17) is 18.9 Å². The molecule has 9 nitrogen and oxygen atoms in total. The summed E-state index contributed by atoms with van der Waals surface area (Å²) >= 11 is 0. The van der Waals surface area contributed by atoms with Gasteiger partial charge in [0.25, 0.3) is 17.6 Å². The van der Waals surface area contributed by atoms with Crippen molar-refractivity contribution >= 4 is 23.6 Å². The molecule has 9 heteroatoms. The largest absolute Gasteiger partial charge is 0.457 e. The number of rotatable bonds is 14. The third kappa shape index (κ3) is 7.94. The summed E-state index contributed by atoms with van der Waals surface area (Å²) in [6.45, 7) is 1.86. The predicted molar refractivity (Wildman–Crippen MR) is 100 cm³/mol. The topological polar surface area (TPSA) is 108 Å². The van der Waals surface area contributed by atoms with E-state index in [-0.39, 0.29) is 43.7 Å². The number of hydrogen-bond acceptors (Lipinski definition) is 8. The molecule has 2 amide bonds. The number of hydrogen-bond donors (Lipinski definition) is 0. The van der Waals surface area contributed by atoms with Crippen molar-refractivity contribution in [3.05, 3.63) is 48.0 Å². The average molecular weight is 405 g/mol. The lowest BCUT2D eigenvalue weighted by atomic mass is 10.1. The van der Waals surface area contributed by atoms with Crippen molar-refractivity contribution in [2.75, 3.05) is 52.8 Å². The number of esters is 1. The van der Waals surface area contributed by atoms with Gasteiger partial charge in [-0.3, -0.25) is 19.3 Å². The van der Waals surface area contributed by atoms with Crippen molar-refractivity contribution in [2.24, 2.45) is 0 Å². The van der Waals surface area contributed by atoms with Gasteiger partial charge in [-0.1, -0.05) is 30.3 Å². The zero-order valence-corrected chi connectivity index (χ0v) is 15.9. The number of amides is 2. The molecule has 0 bridgehead atoms. The van der Waals surface area contributed by atoms with Crippen molar-refractivity contribution in [1.82, 2.24) is 4.90 Å². The van der Waals surface area contributed by atoms with Gasteiger partial charge in [0.15, 0.2) is 0 Å². The van der Waals surface area contributed by atoms with Crippen LogP contribution in [-0.4, -0.2) is 81.3 Å². The van der Waals surface area contributed by atoms with E-state index in [1.165, 1.54) is 12.2 Å². The molecule has 1 aliphatic heterocycles. The molecule has 29 heavy (non-hydrogen) atoms. The van der Waals surface area contributed by atoms with E-state index in [9.17, 15) is 19.2 Å². The van der Waals surface area contributed by atoms with Crippen LogP contribution in [0.2, 0.25) is 0 Å². The Morgan fingerprint density at radius 3 is 1.83 bits per heavy atom. The van der Waals surface area contributed by atoms with E-state index < -0.39 is 11.8 Å². The van der Waals surface area contributed by atoms with Crippen LogP contribution < -0.4 is 0 Å². The first-order valence-electron chi connectivity index (χ1n) is 9.13. The molecular weight excluding hydrogens is 382 g/mol. The second-order valence-electron chi connectivity index (χ2n) is 5.83. The number of carbonyl (C=O) groups excluding carboxylic acids is 4. The highest BCUT2D eigenvalue weighted by Gasteiger charge is 2.22. The molecule has 156 valence electrons. The summed E-state index contributed by atoms with van der Waals surface area (Å²) in [7, 11) is 0. The molecule has 1 heterocycles. The number of nitrogens with zero attached hydrogens (tertiary/aromatic N) is 1. The molecule has 0 spiro atoms. The summed E-state index contributed by atoms with van der Waals surface area (Å²) in [5.74, 6) is -2.27. The third-order valence-corrected chi connectivity index (χ3v) is 3.79. The lowest BCUT2D eigenvalue weighted by molar-refractivity contribution is -0.140. The molecule has 0 aliphatic carbocycles. The molecular formula is C20H23NO8. The molecule has 1 aliphatic rings. The summed E-state index contributed by atoms with van der Waals surface area (Å²) in [4.78, 5) is 47.1. The fraction of sp³-hybridized carbons (Fsp3) is 0.400. The van der Waals surface area contributed by atoms with E-state index in [2.05, 4.69) is 0 Å². The maximum absolute atomic E-state index is 11.8. The van der Waals surface area contributed by atoms with Crippen LogP contribution in [0, 0.1) is 0 Å². The summed E-state index contributed by atoms with van der Waals surface area (Å²) < 4.78 is 20.7. The lowest BCUT2D eigenvalue weighted by Crippen LogP contribution is -2.33. The monoisotopic (exact) mass is 405 g/mol. The normalized spacial score (nSPS) is 13.2. The Morgan fingerprint density at radius 2 is 1.24 bits per heavy atom. The smallest absolute Gasteiger partial charge is 0.379 e. The molecule has 0 saturated heterocycles. The van der Waals surface area contributed by atoms with Gasteiger partial charge in [0, 0.05) is 17.7 Å². The Labute approximate surface area is 168 Å². The van der Waals surface area contributed by atoms with Gasteiger partial charge in [0.2, 0.25) is 0 Å². The van der Waals surface area contributed by atoms with Crippen LogP contribution in [0.25, 0.3) is 0 Å². The van der Waals surface area contributed by atoms with Crippen LogP contribution in [0.1, 0.15) is 10.4 Å². The average Bonchev–Trinajstić information content (AvgIpc) is 3.06. The van der Waals surface area contributed by atoms with E-state index in [0.29, 0.717) is 26.4 Å². The highest BCUT2D eigenvalue weighted by atomic mass is 16.6. The lowest BCUT2D eigenvalue weighted by Gasteiger charge is -2.13. The number of benzene rings is 1. The van der Waals surface area contributed by atoms with Gasteiger partial charge in [0.1, 0.15) is 6.61 Å². The minimum atomic E-state index is -0.915. The maximum Gasteiger partial charge on any atom is 0.379 e. The minimum absolute atomic E-state index is 0.0245. The van der Waals surface area contributed by atoms with Gasteiger partial charge in [-0.25, -0.2) is 4.79 Å². The van der Waals surface area contributed by atoms with Crippen molar-refractivity contribution in [2.45, 2.75) is 0 Å². The summed E-state index contributed by atoms with van der Waals surface area (Å²) in [5, 5.41) is 0. The molecule has 1 aromatic carbocycles. The number of carbonyl (C=O) groups is 4. The van der Waals surface area contributed by atoms with Gasteiger partial charge in [-0.15, -0.1) is 0 Å². The Morgan fingerprint density at radius 1 is 0.724 bits per heavy atom. The Kier molecular flexibility index (Phi) is 9.70. The number of ketones is 1. The molecule has 0 aromatic heterocycles. The van der Waals surface area contributed by atoms with Crippen molar-refractivity contribution < 1.29 is 38.1 Å². The number of Topliss-reactive ketones (excluding diaryl/α,β-unsaturated/α-hetero) is 1. The first-order valence-corrected chi connectivity index (χ1v) is 9.13. The van der Waals surface area contributed by atoms with Crippen LogP contribution in [0.5, 0.6) is 0 Å². The van der Waals surface area contributed by atoms with Gasteiger partial charge in [-0.2, -0.15) is 0 Å². The molecule has 0 saturated carbocycles. The SMILES string of the molecule is O=C(OCCOCCOCCOCCN1C(=O)C=CC1=O)C(=O)c1ccccc1. The van der Waals surface area contributed by atoms with Crippen LogP contribution in [0.15, 0.2) is 42.5 Å². The highest BCUT2D eigenvalue weighted by molar-refractivity contribution is 6.40. The highest BCUT2D eigenvalue weighted by Crippen LogP contribution is 2.02. The van der Waals surface area contributed by atoms with E-state index >= 15 is 0 Å². The fourth-order valence-electron chi connectivity index (χ4n) is 2.32. The van der Waals surface area contributed by atoms with E-state index in [1.807, 2.05) is 0 Å². The van der Waals surface area contributed by atoms with Crippen LogP contribution in [0.4, 0.5) is 0 Å². The van der Waals surface area contributed by atoms with Gasteiger partial charge >= 0.3 is 5.97 Å². The van der Waals surface area contributed by atoms with E-state index in [0.717, 1.165) is 4.90 Å². The van der Waals surface area contributed by atoms with Gasteiger partial charge in [-0.05, 0) is 0 Å². The predicted octanol–water partition coefficient (Wildman–Crippen LogP) is 0.387. The van der Waals surface area contributed by atoms with Crippen molar-refractivity contribution in [3.8, 4) is 0 Å². The van der Waals surface area contributed by atoms with Crippen LogP contribution in [-0.2, 0) is 33.3 Å². The summed E-state index contributed by atoms with van der Waals surface area (Å²) in [6.07, 6.45) is 2.46. The molecule has 1 aromatic rings. The summed E-state index contributed by atoms with van der Waals surface area (Å²) in [5.41, 5.74) is 0.282. The number of ether oxygens (including phenoxy) is 4. The zero-order valence-electron chi connectivity index (χ0n) is 15.9. The summed E-state index contributed by atoms with van der Waals surface area (Å²) in [6, 6.07) is 8.18. The quantitative estimate of drug-likeness (QED) is 0.144. The van der Waals surface area contributed by atoms with Gasteiger partial charge in [0.05, 0.1) is 46.2 Å². The maximum atomic E-state index is 11.8. The van der Waals surface area contributed by atoms with Gasteiger partial charge < -0.3 is 18.9 Å². The van der Waals surface area contributed by atoms with Crippen LogP contribution in [0.3, 0.4) is 0 Å². The zero-order chi connectivity index (χ0) is 20.9. The third-order valence-electron chi connectivity index (χ3n) is 3.79. The second-order valence-corrected chi connectivity index (χ2v) is 5.83. The van der Waals surface area contributed by atoms with Crippen molar-refractivity contribution in [1.29, 1.82) is 0 Å². The Balaban J connectivity index is 1.38. The molecule has 0 unspecified atom stereocenters. The molecule has 2 rings (SSSR count). The Hall–Kier alpha value is -2.88. The number of imide groups is 1. The molecule has 0 radical (unpaired) electrons.